The van der Waals surface area contributed by atoms with Crippen LogP contribution in [0.25, 0.3) is 0 Å². The monoisotopic (exact) mass is 285 g/mol. The first kappa shape index (κ1) is 14.0. The number of anilines is 2. The lowest BCUT2D eigenvalue weighted by molar-refractivity contribution is 0.356. The van der Waals surface area contributed by atoms with Crippen LogP contribution in [0.15, 0.2) is 30.6 Å². The fraction of sp³-hybridized carbons (Fsp3) is 0.471. The largest absolute Gasteiger partial charge is 0.496 e. The molecule has 3 rings (SSSR count). The van der Waals surface area contributed by atoms with Gasteiger partial charge in [0.05, 0.1) is 7.11 Å². The van der Waals surface area contributed by atoms with E-state index in [0.29, 0.717) is 6.04 Å². The van der Waals surface area contributed by atoms with E-state index in [9.17, 15) is 0 Å². The molecule has 1 heterocycles. The first-order valence-electron chi connectivity index (χ1n) is 7.72. The van der Waals surface area contributed by atoms with Gasteiger partial charge in [0.2, 0.25) is 5.95 Å². The molecule has 0 unspecified atom stereocenters. The van der Waals surface area contributed by atoms with E-state index < -0.39 is 0 Å². The summed E-state index contributed by atoms with van der Waals surface area (Å²) in [6.07, 6.45) is 10.5. The van der Waals surface area contributed by atoms with E-state index in [-0.39, 0.29) is 0 Å². The molecule has 0 saturated heterocycles. The smallest absolute Gasteiger partial charge is 0.207 e. The fourth-order valence-electron chi connectivity index (χ4n) is 3.15. The lowest BCUT2D eigenvalue weighted by atomic mass is 9.95. The molecule has 1 N–H and O–H groups in total. The van der Waals surface area contributed by atoms with Gasteiger partial charge >= 0.3 is 0 Å². The number of hydrogen-bond donors (Lipinski definition) is 1. The van der Waals surface area contributed by atoms with Crippen LogP contribution >= 0.6 is 0 Å². The van der Waals surface area contributed by atoms with Crippen molar-refractivity contribution in [3.05, 3.63) is 36.2 Å². The molecule has 0 spiro atoms. The van der Waals surface area contributed by atoms with Crippen LogP contribution in [0, 0.1) is 6.92 Å². The second-order valence-corrected chi connectivity index (χ2v) is 5.76. The third-order valence-electron chi connectivity index (χ3n) is 4.29. The predicted octanol–water partition coefficient (Wildman–Crippen LogP) is 4.45. The molecule has 1 aromatic carbocycles. The molecule has 2 aromatic rings. The Bertz CT molecular complexity index is 600. The molecule has 0 bridgehead atoms. The number of benzene rings is 1. The van der Waals surface area contributed by atoms with Gasteiger partial charge in [-0.05, 0) is 43.5 Å². The SMILES string of the molecule is COc1ccc(Nc2nccn2C2CCCCC2)cc1C. The summed E-state index contributed by atoms with van der Waals surface area (Å²) in [6, 6.07) is 6.71. The third kappa shape index (κ3) is 3.04. The summed E-state index contributed by atoms with van der Waals surface area (Å²) in [5.74, 6) is 1.85. The Labute approximate surface area is 126 Å². The van der Waals surface area contributed by atoms with Crippen LogP contribution in [-0.4, -0.2) is 16.7 Å². The molecular formula is C17H23N3O. The topological polar surface area (TPSA) is 39.1 Å². The van der Waals surface area contributed by atoms with Gasteiger partial charge in [0.25, 0.3) is 0 Å². The van der Waals surface area contributed by atoms with E-state index >= 15 is 0 Å². The van der Waals surface area contributed by atoms with Crippen LogP contribution in [0.5, 0.6) is 5.75 Å². The van der Waals surface area contributed by atoms with E-state index in [2.05, 4.69) is 34.1 Å². The number of nitrogens with one attached hydrogen (secondary N) is 1. The van der Waals surface area contributed by atoms with Crippen molar-refractivity contribution in [3.63, 3.8) is 0 Å². The predicted molar refractivity (Wildman–Crippen MR) is 85.4 cm³/mol. The number of methoxy groups -OCH3 is 1. The van der Waals surface area contributed by atoms with Crippen LogP contribution in [-0.2, 0) is 0 Å². The highest BCUT2D eigenvalue weighted by molar-refractivity contribution is 5.57. The summed E-state index contributed by atoms with van der Waals surface area (Å²) >= 11 is 0. The molecule has 1 aromatic heterocycles. The number of aromatic nitrogens is 2. The highest BCUT2D eigenvalue weighted by atomic mass is 16.5. The Morgan fingerprint density at radius 3 is 2.76 bits per heavy atom. The van der Waals surface area contributed by atoms with E-state index in [4.69, 9.17) is 4.74 Å². The van der Waals surface area contributed by atoms with Crippen LogP contribution < -0.4 is 10.1 Å². The maximum absolute atomic E-state index is 5.31. The fourth-order valence-corrected chi connectivity index (χ4v) is 3.15. The van der Waals surface area contributed by atoms with Crippen molar-refractivity contribution in [2.75, 3.05) is 12.4 Å². The number of rotatable bonds is 4. The molecule has 112 valence electrons. The molecule has 0 radical (unpaired) electrons. The second kappa shape index (κ2) is 6.20. The Balaban J connectivity index is 1.79. The summed E-state index contributed by atoms with van der Waals surface area (Å²) in [5.41, 5.74) is 2.18. The normalized spacial score (nSPS) is 15.9. The number of nitrogens with zero attached hydrogens (tertiary/aromatic N) is 2. The molecule has 1 aliphatic carbocycles. The Morgan fingerprint density at radius 2 is 2.05 bits per heavy atom. The van der Waals surface area contributed by atoms with Crippen molar-refractivity contribution in [2.45, 2.75) is 45.1 Å². The van der Waals surface area contributed by atoms with Crippen molar-refractivity contribution < 1.29 is 4.74 Å². The van der Waals surface area contributed by atoms with Crippen molar-refractivity contribution in [1.29, 1.82) is 0 Å². The zero-order valence-electron chi connectivity index (χ0n) is 12.8. The minimum Gasteiger partial charge on any atom is -0.496 e. The highest BCUT2D eigenvalue weighted by Crippen LogP contribution is 2.31. The minimum atomic E-state index is 0.586. The molecule has 0 amide bonds. The number of imidazole rings is 1. The van der Waals surface area contributed by atoms with Crippen molar-refractivity contribution in [1.82, 2.24) is 9.55 Å². The van der Waals surface area contributed by atoms with E-state index in [1.165, 1.54) is 32.1 Å². The van der Waals surface area contributed by atoms with Gasteiger partial charge in [-0.1, -0.05) is 19.3 Å². The van der Waals surface area contributed by atoms with Gasteiger partial charge < -0.3 is 14.6 Å². The lowest BCUT2D eigenvalue weighted by Crippen LogP contribution is -2.14. The first-order chi connectivity index (χ1) is 10.3. The molecule has 0 atom stereocenters. The number of ether oxygens (including phenoxy) is 1. The summed E-state index contributed by atoms with van der Waals surface area (Å²) in [7, 11) is 1.70. The van der Waals surface area contributed by atoms with Gasteiger partial charge in [0.1, 0.15) is 5.75 Å². The van der Waals surface area contributed by atoms with Gasteiger partial charge in [0, 0.05) is 24.1 Å². The number of hydrogen-bond acceptors (Lipinski definition) is 3. The van der Waals surface area contributed by atoms with Crippen LogP contribution in [0.1, 0.15) is 43.7 Å². The van der Waals surface area contributed by atoms with E-state index in [0.717, 1.165) is 22.9 Å². The second-order valence-electron chi connectivity index (χ2n) is 5.76. The molecule has 21 heavy (non-hydrogen) atoms. The van der Waals surface area contributed by atoms with Crippen molar-refractivity contribution >= 4 is 11.6 Å². The summed E-state index contributed by atoms with van der Waals surface area (Å²) in [4.78, 5) is 4.48. The minimum absolute atomic E-state index is 0.586. The van der Waals surface area contributed by atoms with Gasteiger partial charge in [-0.25, -0.2) is 4.98 Å². The maximum Gasteiger partial charge on any atom is 0.207 e. The molecule has 1 saturated carbocycles. The van der Waals surface area contributed by atoms with Gasteiger partial charge in [0.15, 0.2) is 0 Å². The van der Waals surface area contributed by atoms with Crippen molar-refractivity contribution in [3.8, 4) is 5.75 Å². The van der Waals surface area contributed by atoms with E-state index in [1.54, 1.807) is 7.11 Å². The zero-order valence-corrected chi connectivity index (χ0v) is 12.8. The van der Waals surface area contributed by atoms with Crippen LogP contribution in [0.3, 0.4) is 0 Å². The summed E-state index contributed by atoms with van der Waals surface area (Å²) in [6.45, 7) is 2.05. The Morgan fingerprint density at radius 1 is 1.24 bits per heavy atom. The Hall–Kier alpha value is -1.97. The zero-order chi connectivity index (χ0) is 14.7. The standard InChI is InChI=1S/C17H23N3O/c1-13-12-14(8-9-16(13)21-2)19-17-18-10-11-20(17)15-6-4-3-5-7-15/h8-12,15H,3-7H2,1-2H3,(H,18,19). The van der Waals surface area contributed by atoms with Crippen LogP contribution in [0.2, 0.25) is 0 Å². The highest BCUT2D eigenvalue weighted by Gasteiger charge is 2.17. The quantitative estimate of drug-likeness (QED) is 0.902. The maximum atomic E-state index is 5.31. The summed E-state index contributed by atoms with van der Waals surface area (Å²) in [5, 5.41) is 3.44. The lowest BCUT2D eigenvalue weighted by Gasteiger charge is -2.24. The average Bonchev–Trinajstić information content (AvgIpc) is 2.96. The van der Waals surface area contributed by atoms with Gasteiger partial charge in [-0.15, -0.1) is 0 Å². The third-order valence-corrected chi connectivity index (χ3v) is 4.29. The Kier molecular flexibility index (Phi) is 4.13. The number of aryl methyl sites for hydroxylation is 1. The molecule has 4 heteroatoms. The van der Waals surface area contributed by atoms with E-state index in [1.807, 2.05) is 18.3 Å². The van der Waals surface area contributed by atoms with Crippen molar-refractivity contribution in [2.24, 2.45) is 0 Å². The molecule has 1 fully saturated rings. The van der Waals surface area contributed by atoms with Gasteiger partial charge in [-0.2, -0.15) is 0 Å². The van der Waals surface area contributed by atoms with Gasteiger partial charge in [-0.3, -0.25) is 0 Å². The molecule has 4 nitrogen and oxygen atoms in total. The molecule has 0 aliphatic heterocycles. The molecular weight excluding hydrogens is 262 g/mol. The summed E-state index contributed by atoms with van der Waals surface area (Å²) < 4.78 is 7.60. The molecule has 1 aliphatic rings. The first-order valence-corrected chi connectivity index (χ1v) is 7.72. The average molecular weight is 285 g/mol. The van der Waals surface area contributed by atoms with Crippen LogP contribution in [0.4, 0.5) is 11.6 Å².